The van der Waals surface area contributed by atoms with Gasteiger partial charge in [-0.1, -0.05) is 18.2 Å². The molecule has 3 aromatic rings. The number of halogens is 3. The van der Waals surface area contributed by atoms with Crippen molar-refractivity contribution in [1.29, 1.82) is 0 Å². The first-order chi connectivity index (χ1) is 16.0. The van der Waals surface area contributed by atoms with Crippen LogP contribution < -0.4 is 19.1 Å². The van der Waals surface area contributed by atoms with Gasteiger partial charge in [-0.2, -0.15) is 0 Å². The fourth-order valence-corrected chi connectivity index (χ4v) is 4.08. The lowest BCUT2D eigenvalue weighted by atomic mass is 10.1. The molecule has 0 unspecified atom stereocenters. The second-order valence-corrected chi connectivity index (χ2v) is 9.07. The monoisotopic (exact) mass is 494 g/mol. The minimum atomic E-state index is -4.05. The van der Waals surface area contributed by atoms with Crippen molar-refractivity contribution in [2.24, 2.45) is 0 Å². The summed E-state index contributed by atoms with van der Waals surface area (Å²) in [4.78, 5) is 13.1. The Morgan fingerprint density at radius 2 is 1.59 bits per heavy atom. The zero-order valence-corrected chi connectivity index (χ0v) is 19.3. The number of anilines is 2. The van der Waals surface area contributed by atoms with Gasteiger partial charge in [-0.15, -0.1) is 0 Å². The number of carbonyl (C=O) groups is 1. The highest BCUT2D eigenvalue weighted by Crippen LogP contribution is 2.37. The molecule has 1 amide bonds. The topological polar surface area (TPSA) is 84.9 Å². The number of nitrogens with one attached hydrogen (secondary N) is 1. The number of carbonyl (C=O) groups excluding carboxylic acids is 1. The standard InChI is InChI=1S/C23H21F3N2O5S/c1-32-21-11-16(23(29)27-19-9-8-15(24)10-18(19)26)20(12-22(21)33-2)28(34(3,30)31)13-14-6-4-5-7-17(14)25/h4-12H,13H2,1-3H3,(H,27,29). The maximum atomic E-state index is 14.3. The number of ether oxygens (including phenoxy) is 2. The maximum Gasteiger partial charge on any atom is 0.258 e. The summed E-state index contributed by atoms with van der Waals surface area (Å²) in [7, 11) is -1.43. The van der Waals surface area contributed by atoms with Gasteiger partial charge in [0, 0.05) is 17.7 Å². The SMILES string of the molecule is COc1cc(C(=O)Nc2ccc(F)cc2F)c(N(Cc2ccccc2F)S(C)(=O)=O)cc1OC. The van der Waals surface area contributed by atoms with Crippen LogP contribution in [0.3, 0.4) is 0 Å². The van der Waals surface area contributed by atoms with Crippen LogP contribution in [0.1, 0.15) is 15.9 Å². The Morgan fingerprint density at radius 1 is 0.941 bits per heavy atom. The van der Waals surface area contributed by atoms with E-state index in [1.165, 1.54) is 44.6 Å². The van der Waals surface area contributed by atoms with Crippen molar-refractivity contribution in [3.05, 3.63) is 83.2 Å². The molecule has 3 aromatic carbocycles. The van der Waals surface area contributed by atoms with Crippen molar-refractivity contribution in [1.82, 2.24) is 0 Å². The number of methoxy groups -OCH3 is 2. The van der Waals surface area contributed by atoms with Crippen molar-refractivity contribution in [2.45, 2.75) is 6.54 Å². The third kappa shape index (κ3) is 5.42. The van der Waals surface area contributed by atoms with E-state index in [-0.39, 0.29) is 34.0 Å². The van der Waals surface area contributed by atoms with E-state index >= 15 is 0 Å². The van der Waals surface area contributed by atoms with Crippen molar-refractivity contribution in [3.63, 3.8) is 0 Å². The fourth-order valence-electron chi connectivity index (χ4n) is 3.20. The van der Waals surface area contributed by atoms with Crippen LogP contribution in [0.25, 0.3) is 0 Å². The molecule has 1 N–H and O–H groups in total. The van der Waals surface area contributed by atoms with Crippen LogP contribution in [-0.2, 0) is 16.6 Å². The molecule has 34 heavy (non-hydrogen) atoms. The van der Waals surface area contributed by atoms with E-state index in [9.17, 15) is 26.4 Å². The van der Waals surface area contributed by atoms with E-state index in [4.69, 9.17) is 9.47 Å². The quantitative estimate of drug-likeness (QED) is 0.504. The van der Waals surface area contributed by atoms with Gasteiger partial charge in [0.1, 0.15) is 17.5 Å². The van der Waals surface area contributed by atoms with Gasteiger partial charge in [0.15, 0.2) is 11.5 Å². The first kappa shape index (κ1) is 24.9. The van der Waals surface area contributed by atoms with Gasteiger partial charge in [0.05, 0.1) is 44.0 Å². The summed E-state index contributed by atoms with van der Waals surface area (Å²) in [5, 5.41) is 2.29. The minimum absolute atomic E-state index is 0.0543. The summed E-state index contributed by atoms with van der Waals surface area (Å²) < 4.78 is 78.4. The normalized spacial score (nSPS) is 11.1. The summed E-state index contributed by atoms with van der Waals surface area (Å²) in [5.74, 6) is -3.23. The Balaban J connectivity index is 2.16. The van der Waals surface area contributed by atoms with Gasteiger partial charge in [0.25, 0.3) is 5.91 Å². The first-order valence-corrected chi connectivity index (χ1v) is 11.6. The van der Waals surface area contributed by atoms with Gasteiger partial charge >= 0.3 is 0 Å². The number of hydrogen-bond donors (Lipinski definition) is 1. The molecule has 0 saturated carbocycles. The highest BCUT2D eigenvalue weighted by Gasteiger charge is 2.27. The Kier molecular flexibility index (Phi) is 7.35. The van der Waals surface area contributed by atoms with E-state index in [2.05, 4.69) is 5.32 Å². The molecular formula is C23H21F3N2O5S. The third-order valence-electron chi connectivity index (χ3n) is 4.87. The average Bonchev–Trinajstić information content (AvgIpc) is 2.78. The Labute approximate surface area is 194 Å². The fraction of sp³-hybridized carbons (Fsp3) is 0.174. The van der Waals surface area contributed by atoms with Crippen LogP contribution in [0.5, 0.6) is 11.5 Å². The predicted molar refractivity (Wildman–Crippen MR) is 121 cm³/mol. The molecule has 7 nitrogen and oxygen atoms in total. The molecule has 0 saturated heterocycles. The summed E-state index contributed by atoms with van der Waals surface area (Å²) in [6, 6.07) is 10.6. The van der Waals surface area contributed by atoms with Gasteiger partial charge < -0.3 is 14.8 Å². The molecule has 0 aliphatic carbocycles. The molecule has 0 spiro atoms. The molecule has 0 bridgehead atoms. The number of hydrogen-bond acceptors (Lipinski definition) is 5. The summed E-state index contributed by atoms with van der Waals surface area (Å²) in [6.45, 7) is -0.438. The van der Waals surface area contributed by atoms with Gasteiger partial charge in [0.2, 0.25) is 10.0 Å². The van der Waals surface area contributed by atoms with Crippen molar-refractivity contribution >= 4 is 27.3 Å². The molecule has 0 heterocycles. The summed E-state index contributed by atoms with van der Waals surface area (Å²) in [6.07, 6.45) is 0.895. The molecule has 11 heteroatoms. The van der Waals surface area contributed by atoms with Gasteiger partial charge in [-0.05, 0) is 24.3 Å². The molecule has 0 aromatic heterocycles. The lowest BCUT2D eigenvalue weighted by Crippen LogP contribution is -2.32. The molecule has 0 radical (unpaired) electrons. The molecular weight excluding hydrogens is 473 g/mol. The van der Waals surface area contributed by atoms with Crippen molar-refractivity contribution < 1.29 is 35.9 Å². The maximum absolute atomic E-state index is 14.3. The van der Waals surface area contributed by atoms with Gasteiger partial charge in [-0.25, -0.2) is 21.6 Å². The second kappa shape index (κ2) is 10.0. The summed E-state index contributed by atoms with van der Waals surface area (Å²) >= 11 is 0. The molecule has 3 rings (SSSR count). The smallest absolute Gasteiger partial charge is 0.258 e. The lowest BCUT2D eigenvalue weighted by molar-refractivity contribution is 0.102. The zero-order valence-electron chi connectivity index (χ0n) is 18.4. The lowest BCUT2D eigenvalue weighted by Gasteiger charge is -2.26. The van der Waals surface area contributed by atoms with E-state index in [1.807, 2.05) is 0 Å². The molecule has 0 fully saturated rings. The highest BCUT2D eigenvalue weighted by molar-refractivity contribution is 7.92. The molecule has 180 valence electrons. The second-order valence-electron chi connectivity index (χ2n) is 7.16. The van der Waals surface area contributed by atoms with E-state index in [0.717, 1.165) is 22.7 Å². The van der Waals surface area contributed by atoms with Crippen LogP contribution >= 0.6 is 0 Å². The minimum Gasteiger partial charge on any atom is -0.493 e. The Morgan fingerprint density at radius 3 is 2.18 bits per heavy atom. The third-order valence-corrected chi connectivity index (χ3v) is 5.99. The Bertz CT molecular complexity index is 1330. The van der Waals surface area contributed by atoms with Gasteiger partial charge in [-0.3, -0.25) is 9.10 Å². The first-order valence-electron chi connectivity index (χ1n) is 9.78. The number of sulfonamides is 1. The molecule has 0 atom stereocenters. The van der Waals surface area contributed by atoms with Crippen LogP contribution in [0.4, 0.5) is 24.5 Å². The van der Waals surface area contributed by atoms with Crippen LogP contribution in [0.2, 0.25) is 0 Å². The van der Waals surface area contributed by atoms with Crippen molar-refractivity contribution in [3.8, 4) is 11.5 Å². The van der Waals surface area contributed by atoms with E-state index in [1.54, 1.807) is 6.07 Å². The van der Waals surface area contributed by atoms with Crippen LogP contribution in [0.15, 0.2) is 54.6 Å². The molecule has 0 aliphatic heterocycles. The van der Waals surface area contributed by atoms with Crippen molar-refractivity contribution in [2.75, 3.05) is 30.1 Å². The molecule has 0 aliphatic rings. The van der Waals surface area contributed by atoms with Crippen LogP contribution in [-0.4, -0.2) is 34.8 Å². The number of amides is 1. The largest absolute Gasteiger partial charge is 0.493 e. The average molecular weight is 494 g/mol. The predicted octanol–water partition coefficient (Wildman–Crippen LogP) is 4.34. The number of nitrogens with zero attached hydrogens (tertiary/aromatic N) is 1. The highest BCUT2D eigenvalue weighted by atomic mass is 32.2. The Hall–Kier alpha value is -3.73. The van der Waals surface area contributed by atoms with E-state index in [0.29, 0.717) is 6.07 Å². The zero-order chi connectivity index (χ0) is 25.0. The number of rotatable bonds is 8. The number of benzene rings is 3. The summed E-state index contributed by atoms with van der Waals surface area (Å²) in [5.41, 5.74) is -0.669. The van der Waals surface area contributed by atoms with Crippen LogP contribution in [0, 0.1) is 17.5 Å². The van der Waals surface area contributed by atoms with E-state index < -0.39 is 39.9 Å².